The van der Waals surface area contributed by atoms with Crippen molar-refractivity contribution in [1.29, 1.82) is 0 Å². The van der Waals surface area contributed by atoms with E-state index in [4.69, 9.17) is 15.3 Å². The lowest BCUT2D eigenvalue weighted by Crippen LogP contribution is -1.96. The van der Waals surface area contributed by atoms with Crippen LogP contribution in [0.3, 0.4) is 0 Å². The van der Waals surface area contributed by atoms with Crippen molar-refractivity contribution in [2.45, 2.75) is 20.8 Å². The lowest BCUT2D eigenvalue weighted by Gasteiger charge is -1.80. The molecule has 1 aliphatic rings. The number of rotatable bonds is 0. The molecule has 17 heavy (non-hydrogen) atoms. The van der Waals surface area contributed by atoms with Crippen LogP contribution in [0.15, 0.2) is 12.2 Å². The highest BCUT2D eigenvalue weighted by Crippen LogP contribution is 1.92. The lowest BCUT2D eigenvalue weighted by atomic mass is 10.6. The number of aliphatic hydroxyl groups excluding tert-OH is 3. The van der Waals surface area contributed by atoms with Crippen molar-refractivity contribution in [2.75, 3.05) is 19.8 Å². The van der Waals surface area contributed by atoms with Gasteiger partial charge in [0.05, 0.1) is 0 Å². The van der Waals surface area contributed by atoms with Crippen molar-refractivity contribution in [2.24, 2.45) is 0 Å². The highest BCUT2D eigenvalue weighted by atomic mass is 16.6. The maximum atomic E-state index is 9.92. The second kappa shape index (κ2) is 24.1. The zero-order valence-corrected chi connectivity index (χ0v) is 10.5. The van der Waals surface area contributed by atoms with Crippen LogP contribution >= 0.6 is 0 Å². The molecule has 7 heteroatoms. The Labute approximate surface area is 101 Å². The van der Waals surface area contributed by atoms with E-state index in [1.807, 2.05) is 0 Å². The van der Waals surface area contributed by atoms with E-state index in [0.29, 0.717) is 0 Å². The van der Waals surface area contributed by atoms with E-state index in [9.17, 15) is 9.59 Å². The number of carbonyl (C=O) groups excluding carboxylic acids is 2. The van der Waals surface area contributed by atoms with Gasteiger partial charge in [0.25, 0.3) is 0 Å². The van der Waals surface area contributed by atoms with Gasteiger partial charge in [-0.1, -0.05) is 0 Å². The summed E-state index contributed by atoms with van der Waals surface area (Å²) in [4.78, 5) is 19.8. The van der Waals surface area contributed by atoms with E-state index >= 15 is 0 Å². The molecule has 0 amide bonds. The Morgan fingerprint density at radius 2 is 1.06 bits per heavy atom. The molecular weight excluding hydrogens is 230 g/mol. The Bertz CT molecular complexity index is 172. The van der Waals surface area contributed by atoms with E-state index in [-0.39, 0.29) is 26.0 Å². The highest BCUT2D eigenvalue weighted by Gasteiger charge is 2.10. The van der Waals surface area contributed by atoms with Crippen molar-refractivity contribution in [3.05, 3.63) is 12.2 Å². The molecule has 7 nitrogen and oxygen atoms in total. The second-order valence-corrected chi connectivity index (χ2v) is 2.02. The number of carbonyl (C=O) groups is 2. The van der Waals surface area contributed by atoms with Gasteiger partial charge in [-0.2, -0.15) is 0 Å². The number of hydrogen-bond donors (Lipinski definition) is 4. The molecule has 1 heterocycles. The number of aliphatic hydroxyl groups is 3. The van der Waals surface area contributed by atoms with Crippen LogP contribution in [0, 0.1) is 0 Å². The molecule has 0 aliphatic carbocycles. The molecule has 0 aromatic rings. The summed E-state index contributed by atoms with van der Waals surface area (Å²) in [6.45, 7) is 5.79. The van der Waals surface area contributed by atoms with E-state index in [2.05, 4.69) is 4.74 Å². The molecule has 0 atom stereocenters. The predicted octanol–water partition coefficient (Wildman–Crippen LogP) is -0.216. The van der Waals surface area contributed by atoms with Gasteiger partial charge in [0.15, 0.2) is 0 Å². The third-order valence-corrected chi connectivity index (χ3v) is 0.557. The van der Waals surface area contributed by atoms with Crippen LogP contribution in [0.2, 0.25) is 0 Å². The van der Waals surface area contributed by atoms with Crippen molar-refractivity contribution >= 4 is 11.9 Å². The summed E-state index contributed by atoms with van der Waals surface area (Å²) in [6.07, 6.45) is 2.17. The van der Waals surface area contributed by atoms with Crippen molar-refractivity contribution in [3.8, 4) is 0 Å². The van der Waals surface area contributed by atoms with Gasteiger partial charge in [0, 0.05) is 32.0 Å². The average molecular weight is 253 g/mol. The molecule has 0 aromatic heterocycles. The fourth-order valence-electron chi connectivity index (χ4n) is 0.303. The zero-order valence-electron chi connectivity index (χ0n) is 10.5. The summed E-state index contributed by atoms with van der Waals surface area (Å²) in [6, 6.07) is 0. The first-order chi connectivity index (χ1) is 7.53. The van der Waals surface area contributed by atoms with Crippen molar-refractivity contribution in [3.63, 3.8) is 0 Å². The third-order valence-electron chi connectivity index (χ3n) is 0.557. The van der Waals surface area contributed by atoms with Gasteiger partial charge >= 0.3 is 11.9 Å². The van der Waals surface area contributed by atoms with Crippen LogP contribution in [-0.4, -0.2) is 47.1 Å². The number of esters is 2. The monoisotopic (exact) mass is 253 g/mol. The fourth-order valence-corrected chi connectivity index (χ4v) is 0.303. The minimum atomic E-state index is -0.579. The number of hydrogen-bond acceptors (Lipinski definition) is 7. The average Bonchev–Trinajstić information content (AvgIpc) is 2.54. The minimum Gasteiger partial charge on any atom is -0.397 e. The summed E-state index contributed by atoms with van der Waals surface area (Å²) in [5, 5.41) is 22.7. The van der Waals surface area contributed by atoms with E-state index in [1.54, 1.807) is 20.8 Å². The van der Waals surface area contributed by atoms with Gasteiger partial charge in [0.2, 0.25) is 0 Å². The standard InChI is InChI=1S/C4H2O3.3C2H6O.H3N/c5-3-1-2-4(6)7-3;3*1-2-3;/h1-2H;3*3H,2H2,1H3;1H3. The summed E-state index contributed by atoms with van der Waals surface area (Å²) in [7, 11) is 0. The third kappa shape index (κ3) is 40.0. The van der Waals surface area contributed by atoms with Gasteiger partial charge in [-0.15, -0.1) is 0 Å². The van der Waals surface area contributed by atoms with E-state index < -0.39 is 11.9 Å². The summed E-state index contributed by atoms with van der Waals surface area (Å²) in [5.74, 6) is -1.16. The first-order valence-electron chi connectivity index (χ1n) is 4.80. The molecule has 0 spiro atoms. The van der Waals surface area contributed by atoms with Gasteiger partial charge in [-0.3, -0.25) is 0 Å². The molecule has 0 saturated heterocycles. The molecule has 0 fully saturated rings. The van der Waals surface area contributed by atoms with Crippen LogP contribution < -0.4 is 6.15 Å². The quantitative estimate of drug-likeness (QED) is 0.346. The van der Waals surface area contributed by atoms with Crippen LogP contribution in [0.1, 0.15) is 20.8 Å². The zero-order chi connectivity index (χ0) is 13.4. The highest BCUT2D eigenvalue weighted by molar-refractivity contribution is 6.04. The maximum absolute atomic E-state index is 9.92. The van der Waals surface area contributed by atoms with E-state index in [0.717, 1.165) is 12.2 Å². The maximum Gasteiger partial charge on any atom is 0.338 e. The van der Waals surface area contributed by atoms with Gasteiger partial charge in [-0.25, -0.2) is 9.59 Å². The first kappa shape index (κ1) is 24.8. The lowest BCUT2D eigenvalue weighted by molar-refractivity contribution is -0.150. The molecule has 0 saturated carbocycles. The molecule has 104 valence electrons. The molecule has 0 radical (unpaired) electrons. The molecule has 0 bridgehead atoms. The van der Waals surface area contributed by atoms with Crippen molar-refractivity contribution < 1.29 is 29.6 Å². The Morgan fingerprint density at radius 1 is 0.882 bits per heavy atom. The molecular formula is C10H23NO6. The predicted molar refractivity (Wildman–Crippen MR) is 63.5 cm³/mol. The minimum absolute atomic E-state index is 0. The topological polar surface area (TPSA) is 139 Å². The molecule has 1 rings (SSSR count). The summed E-state index contributed by atoms with van der Waals surface area (Å²) < 4.78 is 3.97. The van der Waals surface area contributed by atoms with Crippen molar-refractivity contribution in [1.82, 2.24) is 6.15 Å². The normalized spacial score (nSPS) is 10.5. The van der Waals surface area contributed by atoms with Crippen LogP contribution in [0.5, 0.6) is 0 Å². The molecule has 1 aliphatic heterocycles. The van der Waals surface area contributed by atoms with Crippen LogP contribution in [0.25, 0.3) is 0 Å². The van der Waals surface area contributed by atoms with Gasteiger partial charge in [-0.05, 0) is 20.8 Å². The smallest absolute Gasteiger partial charge is 0.338 e. The molecule has 0 aromatic carbocycles. The Kier molecular flexibility index (Phi) is 35.2. The van der Waals surface area contributed by atoms with Crippen LogP contribution in [0.4, 0.5) is 0 Å². The van der Waals surface area contributed by atoms with Crippen LogP contribution in [-0.2, 0) is 14.3 Å². The Balaban J connectivity index is -0.0000000734. The largest absolute Gasteiger partial charge is 0.397 e. The summed E-state index contributed by atoms with van der Waals surface area (Å²) in [5.41, 5.74) is 0. The van der Waals surface area contributed by atoms with Gasteiger partial charge in [0.1, 0.15) is 0 Å². The van der Waals surface area contributed by atoms with E-state index in [1.165, 1.54) is 0 Å². The summed E-state index contributed by atoms with van der Waals surface area (Å²) >= 11 is 0. The SMILES string of the molecule is CCO.CCO.CCO.N.O=C1C=CC(=O)O1. The number of cyclic esters (lactones) is 2. The first-order valence-corrected chi connectivity index (χ1v) is 4.80. The fraction of sp³-hybridized carbons (Fsp3) is 0.600. The number of ether oxygens (including phenoxy) is 1. The Hall–Kier alpha value is -1.28. The Morgan fingerprint density at radius 3 is 1.12 bits per heavy atom. The second-order valence-electron chi connectivity index (χ2n) is 2.02. The van der Waals surface area contributed by atoms with Gasteiger partial charge < -0.3 is 26.2 Å². The molecule has 6 N–H and O–H groups in total. The molecule has 0 unspecified atom stereocenters.